The van der Waals surface area contributed by atoms with Gasteiger partial charge in [-0.3, -0.25) is 4.98 Å². The number of pyridine rings is 1. The van der Waals surface area contributed by atoms with Gasteiger partial charge in [0, 0.05) is 17.0 Å². The maximum Gasteiger partial charge on any atom is 0.247 e. The highest BCUT2D eigenvalue weighted by Gasteiger charge is 2.38. The summed E-state index contributed by atoms with van der Waals surface area (Å²) in [5.74, 6) is 1.36. The second-order valence-electron chi connectivity index (χ2n) is 5.53. The summed E-state index contributed by atoms with van der Waals surface area (Å²) < 4.78 is 5.53. The van der Waals surface area contributed by atoms with Gasteiger partial charge < -0.3 is 9.84 Å². The van der Waals surface area contributed by atoms with Crippen molar-refractivity contribution >= 4 is 0 Å². The van der Waals surface area contributed by atoms with Crippen molar-refractivity contribution in [2.75, 3.05) is 6.54 Å². The van der Waals surface area contributed by atoms with Crippen LogP contribution in [0, 0.1) is 13.8 Å². The second-order valence-corrected chi connectivity index (χ2v) is 5.53. The molecule has 20 heavy (non-hydrogen) atoms. The molecule has 106 valence electrons. The molecule has 2 aromatic rings. The van der Waals surface area contributed by atoms with E-state index in [1.165, 1.54) is 0 Å². The fourth-order valence-corrected chi connectivity index (χ4v) is 2.94. The van der Waals surface area contributed by atoms with Gasteiger partial charge in [-0.15, -0.1) is 0 Å². The summed E-state index contributed by atoms with van der Waals surface area (Å²) in [6, 6.07) is 3.98. The van der Waals surface area contributed by atoms with Gasteiger partial charge in [0.05, 0.1) is 5.54 Å². The second kappa shape index (κ2) is 4.98. The normalized spacial score (nSPS) is 22.4. The molecular weight excluding hydrogens is 252 g/mol. The van der Waals surface area contributed by atoms with E-state index in [-0.39, 0.29) is 5.54 Å². The molecule has 0 spiro atoms. The highest BCUT2D eigenvalue weighted by atomic mass is 16.5. The summed E-state index contributed by atoms with van der Waals surface area (Å²) in [4.78, 5) is 9.00. The quantitative estimate of drug-likeness (QED) is 0.930. The number of hydrogen-bond donors (Lipinski definition) is 1. The lowest BCUT2D eigenvalue weighted by Gasteiger charge is -2.22. The number of nitrogens with one attached hydrogen (secondary N) is 1. The van der Waals surface area contributed by atoms with Gasteiger partial charge in [0.1, 0.15) is 0 Å². The van der Waals surface area contributed by atoms with E-state index < -0.39 is 0 Å². The monoisotopic (exact) mass is 272 g/mol. The van der Waals surface area contributed by atoms with Crippen LogP contribution in [0.2, 0.25) is 0 Å². The predicted molar refractivity (Wildman–Crippen MR) is 76.2 cm³/mol. The summed E-state index contributed by atoms with van der Waals surface area (Å²) in [6.45, 7) is 7.12. The van der Waals surface area contributed by atoms with Crippen molar-refractivity contribution in [3.05, 3.63) is 29.4 Å². The standard InChI is InChI=1S/C15H20N4O/c1-4-15(6-5-7-16-15)14-18-13(19-20-14)12-8-10(2)17-11(3)9-12/h8-9,16H,4-7H2,1-3H3. The van der Waals surface area contributed by atoms with E-state index >= 15 is 0 Å². The lowest BCUT2D eigenvalue weighted by atomic mass is 9.94. The first kappa shape index (κ1) is 13.2. The average molecular weight is 272 g/mol. The van der Waals surface area contributed by atoms with Crippen LogP contribution in [0.5, 0.6) is 0 Å². The van der Waals surface area contributed by atoms with Crippen LogP contribution < -0.4 is 5.32 Å². The smallest absolute Gasteiger partial charge is 0.247 e. The molecule has 0 aliphatic carbocycles. The number of nitrogens with zero attached hydrogens (tertiary/aromatic N) is 3. The molecule has 1 unspecified atom stereocenters. The molecule has 0 bridgehead atoms. The molecule has 5 heteroatoms. The van der Waals surface area contributed by atoms with E-state index in [2.05, 4.69) is 27.4 Å². The van der Waals surface area contributed by atoms with E-state index in [0.717, 1.165) is 42.8 Å². The lowest BCUT2D eigenvalue weighted by Crippen LogP contribution is -2.36. The van der Waals surface area contributed by atoms with E-state index in [9.17, 15) is 0 Å². The summed E-state index contributed by atoms with van der Waals surface area (Å²) in [6.07, 6.45) is 3.17. The van der Waals surface area contributed by atoms with E-state index in [0.29, 0.717) is 11.7 Å². The molecule has 3 heterocycles. The molecule has 1 fully saturated rings. The Hall–Kier alpha value is -1.75. The molecular formula is C15H20N4O. The average Bonchev–Trinajstić information content (AvgIpc) is 3.07. The Morgan fingerprint density at radius 3 is 2.60 bits per heavy atom. The summed E-state index contributed by atoms with van der Waals surface area (Å²) in [5.41, 5.74) is 2.77. The Morgan fingerprint density at radius 2 is 2.00 bits per heavy atom. The topological polar surface area (TPSA) is 63.8 Å². The Balaban J connectivity index is 1.97. The van der Waals surface area contributed by atoms with Crippen LogP contribution in [0.1, 0.15) is 43.5 Å². The van der Waals surface area contributed by atoms with Crippen molar-refractivity contribution in [3.8, 4) is 11.4 Å². The van der Waals surface area contributed by atoms with Crippen molar-refractivity contribution in [1.29, 1.82) is 0 Å². The molecule has 0 aromatic carbocycles. The zero-order chi connectivity index (χ0) is 14.2. The van der Waals surface area contributed by atoms with Gasteiger partial charge in [0.15, 0.2) is 0 Å². The molecule has 3 rings (SSSR count). The van der Waals surface area contributed by atoms with Gasteiger partial charge >= 0.3 is 0 Å². The van der Waals surface area contributed by atoms with Gasteiger partial charge in [-0.1, -0.05) is 12.1 Å². The van der Waals surface area contributed by atoms with Gasteiger partial charge in [-0.25, -0.2) is 0 Å². The number of aromatic nitrogens is 3. The van der Waals surface area contributed by atoms with Crippen LogP contribution in [0.15, 0.2) is 16.7 Å². The maximum atomic E-state index is 5.53. The molecule has 2 aromatic heterocycles. The zero-order valence-electron chi connectivity index (χ0n) is 12.2. The first-order valence-corrected chi connectivity index (χ1v) is 7.18. The summed E-state index contributed by atoms with van der Waals surface area (Å²) in [5, 5.41) is 7.67. The first-order valence-electron chi connectivity index (χ1n) is 7.18. The third-order valence-corrected chi connectivity index (χ3v) is 4.02. The molecule has 0 radical (unpaired) electrons. The number of aryl methyl sites for hydroxylation is 2. The highest BCUT2D eigenvalue weighted by molar-refractivity contribution is 5.55. The minimum Gasteiger partial charge on any atom is -0.337 e. The lowest BCUT2D eigenvalue weighted by molar-refractivity contribution is 0.250. The molecule has 5 nitrogen and oxygen atoms in total. The van der Waals surface area contributed by atoms with E-state index in [4.69, 9.17) is 4.52 Å². The zero-order valence-corrected chi connectivity index (χ0v) is 12.2. The van der Waals surface area contributed by atoms with Crippen molar-refractivity contribution in [1.82, 2.24) is 20.4 Å². The van der Waals surface area contributed by atoms with Crippen molar-refractivity contribution < 1.29 is 4.52 Å². The van der Waals surface area contributed by atoms with Crippen LogP contribution in [-0.2, 0) is 5.54 Å². The third kappa shape index (κ3) is 2.22. The summed E-state index contributed by atoms with van der Waals surface area (Å²) >= 11 is 0. The van der Waals surface area contributed by atoms with E-state index in [1.54, 1.807) is 0 Å². The predicted octanol–water partition coefficient (Wildman–Crippen LogP) is 2.74. The van der Waals surface area contributed by atoms with Crippen LogP contribution in [-0.4, -0.2) is 21.7 Å². The first-order chi connectivity index (χ1) is 9.63. The Labute approximate surface area is 118 Å². The fourth-order valence-electron chi connectivity index (χ4n) is 2.94. The van der Waals surface area contributed by atoms with Crippen LogP contribution in [0.25, 0.3) is 11.4 Å². The van der Waals surface area contributed by atoms with Gasteiger partial charge in [0.2, 0.25) is 11.7 Å². The minimum absolute atomic E-state index is 0.137. The van der Waals surface area contributed by atoms with Crippen molar-refractivity contribution in [3.63, 3.8) is 0 Å². The molecule has 1 atom stereocenters. The van der Waals surface area contributed by atoms with Gasteiger partial charge in [0.25, 0.3) is 0 Å². The number of rotatable bonds is 3. The largest absolute Gasteiger partial charge is 0.337 e. The highest BCUT2D eigenvalue weighted by Crippen LogP contribution is 2.33. The van der Waals surface area contributed by atoms with Crippen LogP contribution >= 0.6 is 0 Å². The molecule has 1 N–H and O–H groups in total. The molecule has 0 saturated carbocycles. The number of hydrogen-bond acceptors (Lipinski definition) is 5. The molecule has 1 aliphatic rings. The van der Waals surface area contributed by atoms with E-state index in [1.807, 2.05) is 26.0 Å². The van der Waals surface area contributed by atoms with Crippen LogP contribution in [0.4, 0.5) is 0 Å². The SMILES string of the molecule is CCC1(c2nc(-c3cc(C)nc(C)c3)no2)CCCN1. The van der Waals surface area contributed by atoms with Gasteiger partial charge in [-0.05, 0) is 51.8 Å². The Bertz CT molecular complexity index is 594. The fraction of sp³-hybridized carbons (Fsp3) is 0.533. The summed E-state index contributed by atoms with van der Waals surface area (Å²) in [7, 11) is 0. The maximum absolute atomic E-state index is 5.53. The van der Waals surface area contributed by atoms with Crippen molar-refractivity contribution in [2.24, 2.45) is 0 Å². The van der Waals surface area contributed by atoms with Gasteiger partial charge in [-0.2, -0.15) is 4.98 Å². The Kier molecular flexibility index (Phi) is 3.30. The molecule has 1 aliphatic heterocycles. The third-order valence-electron chi connectivity index (χ3n) is 4.02. The Morgan fingerprint density at radius 1 is 1.25 bits per heavy atom. The van der Waals surface area contributed by atoms with Crippen LogP contribution in [0.3, 0.4) is 0 Å². The minimum atomic E-state index is -0.137. The molecule has 1 saturated heterocycles. The molecule has 0 amide bonds. The van der Waals surface area contributed by atoms with Crippen molar-refractivity contribution in [2.45, 2.75) is 45.6 Å².